The van der Waals surface area contributed by atoms with Gasteiger partial charge in [-0.1, -0.05) is 41.1 Å². The van der Waals surface area contributed by atoms with E-state index in [9.17, 15) is 4.79 Å². The number of benzene rings is 1. The molecule has 2 fully saturated rings. The summed E-state index contributed by atoms with van der Waals surface area (Å²) in [5.74, 6) is 1.47. The Morgan fingerprint density at radius 3 is 2.67 bits per heavy atom. The van der Waals surface area contributed by atoms with E-state index in [1.54, 1.807) is 10.5 Å². The second-order valence-corrected chi connectivity index (χ2v) is 8.99. The maximum Gasteiger partial charge on any atom is 0.136 e. The van der Waals surface area contributed by atoms with Crippen LogP contribution >= 0.6 is 11.8 Å². The van der Waals surface area contributed by atoms with Crippen molar-refractivity contribution in [3.8, 4) is 0 Å². The number of thioether (sulfide) groups is 1. The molecule has 3 atom stereocenters. The fourth-order valence-electron chi connectivity index (χ4n) is 5.59. The molecule has 0 bridgehead atoms. The number of carbonyl (C=O) groups is 1. The summed E-state index contributed by atoms with van der Waals surface area (Å²) >= 11 is 1.95. The maximum atomic E-state index is 12.7. The third-order valence-electron chi connectivity index (χ3n) is 6.36. The van der Waals surface area contributed by atoms with Crippen molar-refractivity contribution >= 4 is 17.5 Å². The van der Waals surface area contributed by atoms with Gasteiger partial charge in [-0.25, -0.2) is 0 Å². The molecule has 0 unspecified atom stereocenters. The topological polar surface area (TPSA) is 17.1 Å². The Morgan fingerprint density at radius 2 is 1.92 bits per heavy atom. The molecule has 0 aromatic heterocycles. The van der Waals surface area contributed by atoms with Crippen molar-refractivity contribution in [2.75, 3.05) is 0 Å². The molecule has 2 heteroatoms. The normalized spacial score (nSPS) is 32.0. The van der Waals surface area contributed by atoms with E-state index in [-0.39, 0.29) is 11.3 Å². The molecule has 1 nitrogen and oxygen atoms in total. The van der Waals surface area contributed by atoms with Gasteiger partial charge in [0.05, 0.1) is 0 Å². The zero-order valence-electron chi connectivity index (χ0n) is 14.5. The largest absolute Gasteiger partial charge is 0.299 e. The van der Waals surface area contributed by atoms with Crippen LogP contribution in [0, 0.1) is 17.3 Å². The van der Waals surface area contributed by atoms with Crippen molar-refractivity contribution in [1.82, 2.24) is 0 Å². The highest BCUT2D eigenvalue weighted by atomic mass is 32.2. The van der Waals surface area contributed by atoms with Gasteiger partial charge in [0.2, 0.25) is 0 Å². The van der Waals surface area contributed by atoms with Crippen LogP contribution in [0.3, 0.4) is 0 Å². The Hall–Kier alpha value is -1.28. The van der Waals surface area contributed by atoms with Crippen molar-refractivity contribution in [2.24, 2.45) is 17.3 Å². The van der Waals surface area contributed by atoms with Crippen LogP contribution in [-0.4, -0.2) is 5.78 Å². The first-order valence-electron chi connectivity index (χ1n) is 9.24. The van der Waals surface area contributed by atoms with Crippen LogP contribution in [0.2, 0.25) is 0 Å². The van der Waals surface area contributed by atoms with Gasteiger partial charge >= 0.3 is 0 Å². The number of carbonyl (C=O) groups excluding carboxylic acids is 1. The summed E-state index contributed by atoms with van der Waals surface area (Å²) in [5, 5.41) is 0. The highest BCUT2D eigenvalue weighted by Gasteiger charge is 2.57. The van der Waals surface area contributed by atoms with E-state index in [1.807, 2.05) is 11.8 Å². The molecule has 0 N–H and O–H groups in total. The monoisotopic (exact) mass is 338 g/mol. The van der Waals surface area contributed by atoms with Gasteiger partial charge in [0.15, 0.2) is 0 Å². The Bertz CT molecular complexity index is 702. The smallest absolute Gasteiger partial charge is 0.136 e. The third-order valence-corrected chi connectivity index (χ3v) is 7.56. The molecule has 24 heavy (non-hydrogen) atoms. The highest BCUT2D eigenvalue weighted by Crippen LogP contribution is 2.65. The molecule has 1 aromatic carbocycles. The van der Waals surface area contributed by atoms with Crippen LogP contribution in [0.4, 0.5) is 0 Å². The predicted molar refractivity (Wildman–Crippen MR) is 101 cm³/mol. The van der Waals surface area contributed by atoms with Gasteiger partial charge in [-0.2, -0.15) is 0 Å². The summed E-state index contributed by atoms with van der Waals surface area (Å²) in [6, 6.07) is 10.7. The number of Topliss-reactive ketones (excluding diaryl/α,β-unsaturated/α-hetero) is 1. The second kappa shape index (κ2) is 6.22. The molecular formula is C22H26OS. The van der Waals surface area contributed by atoms with Gasteiger partial charge in [0.25, 0.3) is 0 Å². The molecule has 0 heterocycles. The first kappa shape index (κ1) is 16.2. The van der Waals surface area contributed by atoms with Gasteiger partial charge < -0.3 is 0 Å². The summed E-state index contributed by atoms with van der Waals surface area (Å²) in [7, 11) is 0. The van der Waals surface area contributed by atoms with Gasteiger partial charge in [-0.05, 0) is 68.4 Å². The molecule has 0 saturated heterocycles. The van der Waals surface area contributed by atoms with Crippen LogP contribution in [0.1, 0.15) is 51.9 Å². The van der Waals surface area contributed by atoms with Gasteiger partial charge in [-0.3, -0.25) is 4.79 Å². The minimum absolute atomic E-state index is 0.108. The highest BCUT2D eigenvalue weighted by molar-refractivity contribution is 8.03. The quantitative estimate of drug-likeness (QED) is 0.611. The lowest BCUT2D eigenvalue weighted by Gasteiger charge is -2.50. The van der Waals surface area contributed by atoms with Crippen LogP contribution in [0.15, 0.2) is 57.9 Å². The summed E-state index contributed by atoms with van der Waals surface area (Å²) in [6.45, 7) is 6.37. The number of allylic oxidation sites excluding steroid dienone is 3. The SMILES string of the molecule is C=C(C)C[C@]12C3=C(Sc4ccccc4)CC[C@H]1C(=O)CC[C@H]2CC3. The first-order valence-corrected chi connectivity index (χ1v) is 10.1. The van der Waals surface area contributed by atoms with Crippen molar-refractivity contribution in [3.63, 3.8) is 0 Å². The lowest BCUT2D eigenvalue weighted by Crippen LogP contribution is -2.46. The molecule has 0 radical (unpaired) electrons. The minimum Gasteiger partial charge on any atom is -0.299 e. The number of hydrogen-bond donors (Lipinski definition) is 0. The number of rotatable bonds is 4. The number of ketones is 1. The Balaban J connectivity index is 1.78. The predicted octanol–water partition coefficient (Wildman–Crippen LogP) is 6.17. The summed E-state index contributed by atoms with van der Waals surface area (Å²) in [5.41, 5.74) is 2.97. The van der Waals surface area contributed by atoms with Crippen molar-refractivity contribution in [2.45, 2.75) is 56.8 Å². The molecule has 1 aromatic rings. The lowest BCUT2D eigenvalue weighted by molar-refractivity contribution is -0.132. The van der Waals surface area contributed by atoms with Gasteiger partial charge in [0, 0.05) is 22.6 Å². The van der Waals surface area contributed by atoms with E-state index in [0.29, 0.717) is 11.7 Å². The average Bonchev–Trinajstić information content (AvgIpc) is 2.92. The molecule has 0 aliphatic heterocycles. The van der Waals surface area contributed by atoms with Crippen molar-refractivity contribution in [3.05, 3.63) is 53.0 Å². The maximum absolute atomic E-state index is 12.7. The van der Waals surface area contributed by atoms with Gasteiger partial charge in [-0.15, -0.1) is 6.58 Å². The average molecular weight is 339 g/mol. The minimum atomic E-state index is 0.108. The molecule has 3 aliphatic carbocycles. The fourth-order valence-corrected chi connectivity index (χ4v) is 6.80. The van der Waals surface area contributed by atoms with E-state index in [4.69, 9.17) is 0 Å². The lowest BCUT2D eigenvalue weighted by atomic mass is 9.54. The fraction of sp³-hybridized carbons (Fsp3) is 0.500. The van der Waals surface area contributed by atoms with Gasteiger partial charge in [0.1, 0.15) is 5.78 Å². The molecule has 0 amide bonds. The van der Waals surface area contributed by atoms with E-state index >= 15 is 0 Å². The Labute approximate surface area is 149 Å². The standard InChI is InChI=1S/C22H26OS/c1-15(2)14-22-16-8-10-19(22)21(24-17-6-4-3-5-7-17)13-11-18(22)20(23)12-9-16/h3-7,16,18H,1,8-14H2,2H3/t16-,18+,22-/m1/s1. The summed E-state index contributed by atoms with van der Waals surface area (Å²) < 4.78 is 0. The van der Waals surface area contributed by atoms with E-state index in [1.165, 1.54) is 23.3 Å². The molecule has 0 spiro atoms. The second-order valence-electron chi connectivity index (χ2n) is 7.82. The molecule has 4 rings (SSSR count). The first-order chi connectivity index (χ1) is 11.6. The van der Waals surface area contributed by atoms with Crippen LogP contribution in [-0.2, 0) is 4.79 Å². The van der Waals surface area contributed by atoms with E-state index in [2.05, 4.69) is 43.8 Å². The van der Waals surface area contributed by atoms with Crippen molar-refractivity contribution in [1.29, 1.82) is 0 Å². The Morgan fingerprint density at radius 1 is 1.17 bits per heavy atom. The van der Waals surface area contributed by atoms with E-state index < -0.39 is 0 Å². The van der Waals surface area contributed by atoms with Crippen LogP contribution in [0.25, 0.3) is 0 Å². The molecule has 2 saturated carbocycles. The van der Waals surface area contributed by atoms with E-state index in [0.717, 1.165) is 32.1 Å². The van der Waals surface area contributed by atoms with Crippen molar-refractivity contribution < 1.29 is 4.79 Å². The Kier molecular flexibility index (Phi) is 4.20. The number of hydrogen-bond acceptors (Lipinski definition) is 2. The zero-order valence-corrected chi connectivity index (χ0v) is 15.3. The molecule has 3 aliphatic rings. The molecular weight excluding hydrogens is 312 g/mol. The summed E-state index contributed by atoms with van der Waals surface area (Å²) in [4.78, 5) is 15.6. The third kappa shape index (κ3) is 2.50. The van der Waals surface area contributed by atoms with Crippen LogP contribution < -0.4 is 0 Å². The summed E-state index contributed by atoms with van der Waals surface area (Å²) in [6.07, 6.45) is 7.50. The molecule has 126 valence electrons. The van der Waals surface area contributed by atoms with Crippen LogP contribution in [0.5, 0.6) is 0 Å². The zero-order chi connectivity index (χ0) is 16.7.